The van der Waals surface area contributed by atoms with E-state index >= 15 is 0 Å². The maximum atomic E-state index is 11.9. The van der Waals surface area contributed by atoms with Gasteiger partial charge in [0.1, 0.15) is 0 Å². The number of amides is 3. The van der Waals surface area contributed by atoms with E-state index in [4.69, 9.17) is 4.42 Å². The van der Waals surface area contributed by atoms with Crippen LogP contribution in [0.1, 0.15) is 18.4 Å². The third kappa shape index (κ3) is 4.15. The summed E-state index contributed by atoms with van der Waals surface area (Å²) in [5.74, 6) is 0.350. The molecule has 24 heavy (non-hydrogen) atoms. The Morgan fingerprint density at radius 3 is 2.71 bits per heavy atom. The molecule has 0 saturated carbocycles. The number of halogens is 1. The lowest BCUT2D eigenvalue weighted by atomic mass is 9.95. The lowest BCUT2D eigenvalue weighted by Crippen LogP contribution is -2.57. The number of aromatic nitrogens is 2. The van der Waals surface area contributed by atoms with Crippen LogP contribution in [0.15, 0.2) is 38.4 Å². The highest BCUT2D eigenvalue weighted by Crippen LogP contribution is 2.24. The molecule has 2 aromatic rings. The number of nitrogens with one attached hydrogen (secondary N) is 2. The Bertz CT molecular complexity index is 749. The van der Waals surface area contributed by atoms with Gasteiger partial charge in [0.05, 0.1) is 5.92 Å². The molecule has 2 unspecified atom stereocenters. The molecule has 0 bridgehead atoms. The van der Waals surface area contributed by atoms with Crippen LogP contribution in [-0.4, -0.2) is 28.2 Å². The first-order valence-corrected chi connectivity index (χ1v) is 9.10. The van der Waals surface area contributed by atoms with Crippen LogP contribution in [0.4, 0.5) is 4.79 Å². The SMILES string of the molecule is CC1NC(=O)NC(=O)C1Cc1nnc(SCc2ccc(Br)cc2)o1. The van der Waals surface area contributed by atoms with Gasteiger partial charge in [-0.3, -0.25) is 10.1 Å². The zero-order valence-corrected chi connectivity index (χ0v) is 15.2. The fourth-order valence-electron chi connectivity index (χ4n) is 2.34. The van der Waals surface area contributed by atoms with Gasteiger partial charge in [0.25, 0.3) is 5.22 Å². The van der Waals surface area contributed by atoms with Crippen molar-refractivity contribution in [1.29, 1.82) is 0 Å². The predicted octanol–water partition coefficient (Wildman–Crippen LogP) is 2.51. The van der Waals surface area contributed by atoms with Gasteiger partial charge in [-0.15, -0.1) is 10.2 Å². The molecule has 0 spiro atoms. The van der Waals surface area contributed by atoms with Gasteiger partial charge in [0.2, 0.25) is 11.8 Å². The van der Waals surface area contributed by atoms with E-state index in [9.17, 15) is 9.59 Å². The highest BCUT2D eigenvalue weighted by atomic mass is 79.9. The van der Waals surface area contributed by atoms with Crippen LogP contribution in [-0.2, 0) is 17.0 Å². The molecule has 1 aliphatic heterocycles. The van der Waals surface area contributed by atoms with Crippen LogP contribution < -0.4 is 10.6 Å². The highest BCUT2D eigenvalue weighted by Gasteiger charge is 2.33. The van der Waals surface area contributed by atoms with Gasteiger partial charge in [-0.1, -0.05) is 39.8 Å². The molecule has 126 valence electrons. The van der Waals surface area contributed by atoms with Crippen molar-refractivity contribution in [2.45, 2.75) is 30.4 Å². The van der Waals surface area contributed by atoms with Crippen LogP contribution >= 0.6 is 27.7 Å². The number of benzene rings is 1. The first kappa shape index (κ1) is 17.0. The number of thioether (sulfide) groups is 1. The first-order chi connectivity index (χ1) is 11.5. The second-order valence-electron chi connectivity index (χ2n) is 5.44. The van der Waals surface area contributed by atoms with E-state index in [1.54, 1.807) is 6.92 Å². The summed E-state index contributed by atoms with van der Waals surface area (Å²) in [5, 5.41) is 13.4. The summed E-state index contributed by atoms with van der Waals surface area (Å²) < 4.78 is 6.62. The van der Waals surface area contributed by atoms with Gasteiger partial charge >= 0.3 is 6.03 Å². The molecule has 9 heteroatoms. The average molecular weight is 411 g/mol. The Morgan fingerprint density at radius 1 is 1.25 bits per heavy atom. The van der Waals surface area contributed by atoms with Crippen molar-refractivity contribution in [1.82, 2.24) is 20.8 Å². The Kier molecular flexibility index (Phi) is 5.20. The average Bonchev–Trinajstić information content (AvgIpc) is 2.98. The largest absolute Gasteiger partial charge is 0.416 e. The van der Waals surface area contributed by atoms with Gasteiger partial charge in [-0.05, 0) is 24.6 Å². The van der Waals surface area contributed by atoms with Crippen LogP contribution in [0.5, 0.6) is 0 Å². The molecule has 1 aromatic heterocycles. The molecule has 2 N–H and O–H groups in total. The Labute approximate surface area is 151 Å². The third-order valence-electron chi connectivity index (χ3n) is 3.65. The number of carbonyl (C=O) groups is 2. The zero-order valence-electron chi connectivity index (χ0n) is 12.8. The lowest BCUT2D eigenvalue weighted by molar-refractivity contribution is -0.125. The summed E-state index contributed by atoms with van der Waals surface area (Å²) in [6.07, 6.45) is 0.291. The van der Waals surface area contributed by atoms with E-state index in [0.29, 0.717) is 23.3 Å². The molecular formula is C15H15BrN4O3S. The smallest absolute Gasteiger partial charge is 0.321 e. The van der Waals surface area contributed by atoms with E-state index in [2.05, 4.69) is 36.8 Å². The van der Waals surface area contributed by atoms with Crippen molar-refractivity contribution in [2.24, 2.45) is 5.92 Å². The summed E-state index contributed by atoms with van der Waals surface area (Å²) in [6.45, 7) is 1.78. The van der Waals surface area contributed by atoms with E-state index in [1.807, 2.05) is 24.3 Å². The number of imide groups is 1. The minimum Gasteiger partial charge on any atom is -0.416 e. The number of urea groups is 1. The zero-order chi connectivity index (χ0) is 17.1. The van der Waals surface area contributed by atoms with Gasteiger partial charge in [0.15, 0.2) is 0 Å². The number of nitrogens with zero attached hydrogens (tertiary/aromatic N) is 2. The minimum atomic E-state index is -0.472. The van der Waals surface area contributed by atoms with Crippen molar-refractivity contribution in [3.8, 4) is 0 Å². The van der Waals surface area contributed by atoms with Gasteiger partial charge in [0, 0.05) is 22.7 Å². The number of hydrogen-bond acceptors (Lipinski definition) is 6. The highest BCUT2D eigenvalue weighted by molar-refractivity contribution is 9.10. The summed E-state index contributed by atoms with van der Waals surface area (Å²) in [5.41, 5.74) is 1.14. The number of rotatable bonds is 5. The molecular weight excluding hydrogens is 396 g/mol. The molecule has 0 radical (unpaired) electrons. The molecule has 1 saturated heterocycles. The standard InChI is InChI=1S/C15H15BrN4O3S/c1-8-11(13(21)18-14(22)17-8)6-12-19-20-15(23-12)24-7-9-2-4-10(16)5-3-9/h2-5,8,11H,6-7H2,1H3,(H2,17,18,21,22). The van der Waals surface area contributed by atoms with Gasteiger partial charge in [-0.2, -0.15) is 0 Å². The predicted molar refractivity (Wildman–Crippen MR) is 91.3 cm³/mol. The third-order valence-corrected chi connectivity index (χ3v) is 5.07. The summed E-state index contributed by atoms with van der Waals surface area (Å²) in [6, 6.07) is 7.24. The van der Waals surface area contributed by atoms with Crippen LogP contribution in [0.25, 0.3) is 0 Å². The number of hydrogen-bond donors (Lipinski definition) is 2. The second kappa shape index (κ2) is 7.35. The number of carbonyl (C=O) groups excluding carboxylic acids is 2. The lowest BCUT2D eigenvalue weighted by Gasteiger charge is -2.27. The van der Waals surface area contributed by atoms with Gasteiger partial charge < -0.3 is 9.73 Å². The summed E-state index contributed by atoms with van der Waals surface area (Å²) >= 11 is 4.84. The van der Waals surface area contributed by atoms with Crippen LogP contribution in [0.2, 0.25) is 0 Å². The topological polar surface area (TPSA) is 97.1 Å². The molecule has 7 nitrogen and oxygen atoms in total. The Balaban J connectivity index is 1.58. The maximum Gasteiger partial charge on any atom is 0.321 e. The molecule has 1 aromatic carbocycles. The molecule has 1 aliphatic rings. The molecule has 0 aliphatic carbocycles. The maximum absolute atomic E-state index is 11.9. The van der Waals surface area contributed by atoms with E-state index < -0.39 is 11.9 Å². The molecule has 2 heterocycles. The molecule has 2 atom stereocenters. The van der Waals surface area contributed by atoms with Gasteiger partial charge in [-0.25, -0.2) is 4.79 Å². The normalized spacial score (nSPS) is 20.6. The fourth-order valence-corrected chi connectivity index (χ4v) is 3.34. The quantitative estimate of drug-likeness (QED) is 0.734. The van der Waals surface area contributed by atoms with Crippen molar-refractivity contribution in [2.75, 3.05) is 0 Å². The summed E-state index contributed by atoms with van der Waals surface area (Å²) in [4.78, 5) is 23.1. The molecule has 3 rings (SSSR count). The summed E-state index contributed by atoms with van der Waals surface area (Å²) in [7, 11) is 0. The van der Waals surface area contributed by atoms with Crippen molar-refractivity contribution in [3.63, 3.8) is 0 Å². The Morgan fingerprint density at radius 2 is 2.00 bits per heavy atom. The minimum absolute atomic E-state index is 0.281. The van der Waals surface area contributed by atoms with Crippen LogP contribution in [0, 0.1) is 5.92 Å². The van der Waals surface area contributed by atoms with E-state index in [0.717, 1.165) is 10.0 Å². The first-order valence-electron chi connectivity index (χ1n) is 7.32. The Hall–Kier alpha value is -1.87. The monoisotopic (exact) mass is 410 g/mol. The van der Waals surface area contributed by atoms with E-state index in [-0.39, 0.29) is 11.9 Å². The molecule has 3 amide bonds. The van der Waals surface area contributed by atoms with Crippen molar-refractivity contribution >= 4 is 39.6 Å². The van der Waals surface area contributed by atoms with Crippen LogP contribution in [0.3, 0.4) is 0 Å². The fraction of sp³-hybridized carbons (Fsp3) is 0.333. The molecule has 1 fully saturated rings. The van der Waals surface area contributed by atoms with Crippen molar-refractivity contribution in [3.05, 3.63) is 40.2 Å². The van der Waals surface area contributed by atoms with E-state index in [1.165, 1.54) is 11.8 Å². The van der Waals surface area contributed by atoms with Crippen molar-refractivity contribution < 1.29 is 14.0 Å². The second-order valence-corrected chi connectivity index (χ2v) is 7.28.